The van der Waals surface area contributed by atoms with Crippen molar-refractivity contribution in [2.75, 3.05) is 33.8 Å². The maximum atomic E-state index is 10.6. The first kappa shape index (κ1) is 34.7. The van der Waals surface area contributed by atoms with E-state index in [0.717, 1.165) is 54.3 Å². The van der Waals surface area contributed by atoms with Gasteiger partial charge < -0.3 is 14.9 Å². The molecule has 0 saturated carbocycles. The third-order valence-electron chi connectivity index (χ3n) is 6.55. The average Bonchev–Trinajstić information content (AvgIpc) is 3.42. The van der Waals surface area contributed by atoms with Crippen LogP contribution < -0.4 is 4.74 Å². The molecule has 5 rings (SSSR count). The SMILES string of the molecule is COc1ccc(CN2CCN(C)C(c3nnn4cc(-c5ccncc5)ccc34)C2)cc1.O=C(O)C(F)(F)F.O=C(O)C(F)(F)F. The summed E-state index contributed by atoms with van der Waals surface area (Å²) < 4.78 is 70.6. The quantitative estimate of drug-likeness (QED) is 0.299. The second-order valence-electron chi connectivity index (χ2n) is 9.64. The highest BCUT2D eigenvalue weighted by molar-refractivity contribution is 5.73. The number of carboxylic acid groups (broad SMARTS) is 2. The minimum atomic E-state index is -5.08. The molecule has 0 aliphatic carbocycles. The smallest absolute Gasteiger partial charge is 0.490 e. The number of aliphatic carboxylic acids is 2. The fraction of sp³-hybridized carbons (Fsp3) is 0.321. The molecule has 1 saturated heterocycles. The molecule has 0 amide bonds. The fourth-order valence-corrected chi connectivity index (χ4v) is 4.22. The van der Waals surface area contributed by atoms with Crippen LogP contribution in [0.5, 0.6) is 5.75 Å². The van der Waals surface area contributed by atoms with Gasteiger partial charge in [0.1, 0.15) is 11.4 Å². The summed E-state index contributed by atoms with van der Waals surface area (Å²) in [4.78, 5) is 26.8. The zero-order chi connectivity index (χ0) is 33.4. The molecule has 1 unspecified atom stereocenters. The summed E-state index contributed by atoms with van der Waals surface area (Å²) in [6.45, 7) is 3.86. The Balaban J connectivity index is 0.000000331. The van der Waals surface area contributed by atoms with Crippen LogP contribution in [0.1, 0.15) is 17.3 Å². The Morgan fingerprint density at radius 3 is 2.00 bits per heavy atom. The minimum Gasteiger partial charge on any atom is -0.497 e. The number of likely N-dealkylation sites (N-methyl/N-ethyl adjacent to an activating group) is 1. The summed E-state index contributed by atoms with van der Waals surface area (Å²) in [6, 6.07) is 16.8. The van der Waals surface area contributed by atoms with Gasteiger partial charge >= 0.3 is 24.3 Å². The van der Waals surface area contributed by atoms with Crippen molar-refractivity contribution in [2.24, 2.45) is 0 Å². The molecule has 242 valence electrons. The van der Waals surface area contributed by atoms with E-state index in [0.29, 0.717) is 0 Å². The van der Waals surface area contributed by atoms with Crippen molar-refractivity contribution in [2.45, 2.75) is 24.9 Å². The van der Waals surface area contributed by atoms with Crippen LogP contribution >= 0.6 is 0 Å². The first-order valence-corrected chi connectivity index (χ1v) is 13.0. The van der Waals surface area contributed by atoms with Gasteiger partial charge in [0.25, 0.3) is 0 Å². The maximum absolute atomic E-state index is 10.6. The van der Waals surface area contributed by atoms with Gasteiger partial charge in [-0.15, -0.1) is 5.10 Å². The fourth-order valence-electron chi connectivity index (χ4n) is 4.22. The first-order valence-electron chi connectivity index (χ1n) is 13.0. The molecule has 0 radical (unpaired) electrons. The van der Waals surface area contributed by atoms with Crippen molar-refractivity contribution >= 4 is 17.5 Å². The van der Waals surface area contributed by atoms with E-state index in [2.05, 4.69) is 56.4 Å². The molecule has 1 aliphatic rings. The number of fused-ring (bicyclic) bond motifs is 1. The molecule has 4 heterocycles. The van der Waals surface area contributed by atoms with E-state index in [1.54, 1.807) is 19.5 Å². The number of alkyl halides is 6. The number of nitrogens with zero attached hydrogens (tertiary/aromatic N) is 6. The zero-order valence-electron chi connectivity index (χ0n) is 23.8. The molecular weight excluding hydrogens is 614 g/mol. The van der Waals surface area contributed by atoms with Crippen LogP contribution in [0.3, 0.4) is 0 Å². The Kier molecular flexibility index (Phi) is 11.4. The summed E-state index contributed by atoms with van der Waals surface area (Å²) in [6.07, 6.45) is -4.51. The average molecular weight is 643 g/mol. The number of carbonyl (C=O) groups is 2. The zero-order valence-corrected chi connectivity index (χ0v) is 23.8. The van der Waals surface area contributed by atoms with Crippen LogP contribution in [-0.4, -0.2) is 97.9 Å². The second-order valence-corrected chi connectivity index (χ2v) is 9.64. The van der Waals surface area contributed by atoms with Crippen LogP contribution in [0.2, 0.25) is 0 Å². The summed E-state index contributed by atoms with van der Waals surface area (Å²) >= 11 is 0. The number of piperazine rings is 1. The predicted octanol–water partition coefficient (Wildman–Crippen LogP) is 4.56. The monoisotopic (exact) mass is 642 g/mol. The van der Waals surface area contributed by atoms with E-state index >= 15 is 0 Å². The highest BCUT2D eigenvalue weighted by atomic mass is 19.4. The van der Waals surface area contributed by atoms with E-state index in [4.69, 9.17) is 24.5 Å². The lowest BCUT2D eigenvalue weighted by Gasteiger charge is -2.38. The third-order valence-corrected chi connectivity index (χ3v) is 6.55. The van der Waals surface area contributed by atoms with Crippen molar-refractivity contribution in [1.82, 2.24) is 29.6 Å². The molecule has 3 aromatic heterocycles. The maximum Gasteiger partial charge on any atom is 0.490 e. The molecule has 2 N–H and O–H groups in total. The molecule has 4 aromatic rings. The second kappa shape index (κ2) is 14.8. The molecule has 1 fully saturated rings. The van der Waals surface area contributed by atoms with E-state index < -0.39 is 24.3 Å². The van der Waals surface area contributed by atoms with Gasteiger partial charge in [-0.1, -0.05) is 23.4 Å². The van der Waals surface area contributed by atoms with Gasteiger partial charge in [-0.25, -0.2) is 14.1 Å². The summed E-state index contributed by atoms with van der Waals surface area (Å²) in [5.41, 5.74) is 5.60. The number of ether oxygens (including phenoxy) is 1. The van der Waals surface area contributed by atoms with Gasteiger partial charge in [0.05, 0.1) is 18.7 Å². The number of carboxylic acids is 2. The third kappa shape index (κ3) is 9.87. The standard InChI is InChI=1S/C24H26N6O.2C2HF3O2/c1-28-13-14-29(15-18-3-6-21(31-2)7-4-18)17-23(28)24-22-8-5-20(16-30(22)27-26-24)19-9-11-25-12-10-19;2*3-2(4,5)1(6)7/h3-12,16,23H,13-15,17H2,1-2H3;2*(H,6,7). The molecule has 1 atom stereocenters. The van der Waals surface area contributed by atoms with Crippen molar-refractivity contribution < 1.29 is 50.9 Å². The first-order chi connectivity index (χ1) is 21.1. The van der Waals surface area contributed by atoms with Crippen molar-refractivity contribution in [1.29, 1.82) is 0 Å². The van der Waals surface area contributed by atoms with Crippen LogP contribution in [0, 0.1) is 0 Å². The van der Waals surface area contributed by atoms with Gasteiger partial charge in [-0.2, -0.15) is 26.3 Å². The van der Waals surface area contributed by atoms with Gasteiger partial charge in [0.15, 0.2) is 0 Å². The van der Waals surface area contributed by atoms with Crippen molar-refractivity contribution in [3.63, 3.8) is 0 Å². The van der Waals surface area contributed by atoms with Crippen LogP contribution in [0.15, 0.2) is 67.1 Å². The highest BCUT2D eigenvalue weighted by Gasteiger charge is 2.39. The number of hydrogen-bond donors (Lipinski definition) is 2. The lowest BCUT2D eigenvalue weighted by atomic mass is 10.1. The predicted molar refractivity (Wildman–Crippen MR) is 147 cm³/mol. The largest absolute Gasteiger partial charge is 0.497 e. The number of benzene rings is 1. The highest BCUT2D eigenvalue weighted by Crippen LogP contribution is 2.28. The number of halogens is 6. The van der Waals surface area contributed by atoms with Crippen molar-refractivity contribution in [3.05, 3.63) is 78.4 Å². The number of methoxy groups -OCH3 is 1. The molecule has 0 spiro atoms. The summed E-state index contributed by atoms with van der Waals surface area (Å²) in [5.74, 6) is -4.62. The number of rotatable bonds is 5. The molecule has 1 aliphatic heterocycles. The molecule has 0 bridgehead atoms. The van der Waals surface area contributed by atoms with Gasteiger partial charge in [-0.05, 0) is 48.5 Å². The van der Waals surface area contributed by atoms with E-state index in [1.165, 1.54) is 5.56 Å². The summed E-state index contributed by atoms with van der Waals surface area (Å²) in [7, 11) is 3.87. The van der Waals surface area contributed by atoms with Gasteiger partial charge in [0.2, 0.25) is 0 Å². The van der Waals surface area contributed by atoms with Crippen LogP contribution in [0.4, 0.5) is 26.3 Å². The molecule has 45 heavy (non-hydrogen) atoms. The molecule has 17 heteroatoms. The Hall–Kier alpha value is -4.77. The summed E-state index contributed by atoms with van der Waals surface area (Å²) in [5, 5.41) is 23.3. The lowest BCUT2D eigenvalue weighted by molar-refractivity contribution is -0.193. The Labute approximate surface area is 252 Å². The van der Waals surface area contributed by atoms with Gasteiger partial charge in [0, 0.05) is 50.3 Å². The number of pyridine rings is 2. The minimum absolute atomic E-state index is 0.205. The molecule has 11 nitrogen and oxygen atoms in total. The van der Waals surface area contributed by atoms with Crippen LogP contribution in [0.25, 0.3) is 16.6 Å². The Morgan fingerprint density at radius 2 is 1.47 bits per heavy atom. The number of aromatic nitrogens is 4. The lowest BCUT2D eigenvalue weighted by Crippen LogP contribution is -2.46. The topological polar surface area (TPSA) is 133 Å². The van der Waals surface area contributed by atoms with Crippen molar-refractivity contribution in [3.8, 4) is 16.9 Å². The molecular formula is C28H28F6N6O5. The van der Waals surface area contributed by atoms with Gasteiger partial charge in [-0.3, -0.25) is 14.8 Å². The number of hydrogen-bond acceptors (Lipinski definition) is 8. The van der Waals surface area contributed by atoms with Crippen LogP contribution in [-0.2, 0) is 16.1 Å². The van der Waals surface area contributed by atoms with E-state index in [9.17, 15) is 26.3 Å². The molecule has 1 aromatic carbocycles. The Bertz CT molecular complexity index is 1540. The van der Waals surface area contributed by atoms with E-state index in [-0.39, 0.29) is 6.04 Å². The Morgan fingerprint density at radius 1 is 0.889 bits per heavy atom. The van der Waals surface area contributed by atoms with E-state index in [1.807, 2.05) is 35.0 Å². The normalized spacial score (nSPS) is 15.8.